The van der Waals surface area contributed by atoms with Gasteiger partial charge in [-0.3, -0.25) is 24.1 Å². The van der Waals surface area contributed by atoms with Gasteiger partial charge < -0.3 is 4.74 Å². The van der Waals surface area contributed by atoms with Gasteiger partial charge in [0.25, 0.3) is 0 Å². The Morgan fingerprint density at radius 3 is 2.33 bits per heavy atom. The number of rotatable bonds is 5. The minimum atomic E-state index is -0.757. The number of Topliss-reactive ketones (excluding diaryl/α,β-unsaturated/α-hetero) is 1. The van der Waals surface area contributed by atoms with Crippen molar-refractivity contribution in [1.82, 2.24) is 4.90 Å². The molecule has 0 bridgehead atoms. The zero-order valence-electron chi connectivity index (χ0n) is 12.6. The molecule has 0 unspecified atom stereocenters. The van der Waals surface area contributed by atoms with E-state index in [-0.39, 0.29) is 29.4 Å². The van der Waals surface area contributed by atoms with E-state index in [4.69, 9.17) is 4.74 Å². The van der Waals surface area contributed by atoms with Gasteiger partial charge in [0.2, 0.25) is 17.6 Å². The third-order valence-electron chi connectivity index (χ3n) is 4.10. The van der Waals surface area contributed by atoms with Gasteiger partial charge in [-0.15, -0.1) is 11.3 Å². The molecule has 6 nitrogen and oxygen atoms in total. The van der Waals surface area contributed by atoms with Crippen molar-refractivity contribution < 1.29 is 23.9 Å². The topological polar surface area (TPSA) is 80.8 Å². The number of hydrogen-bond donors (Lipinski definition) is 0. The summed E-state index contributed by atoms with van der Waals surface area (Å²) >= 11 is 4.50. The maximum absolute atomic E-state index is 12.2. The summed E-state index contributed by atoms with van der Waals surface area (Å²) in [4.78, 5) is 49.7. The van der Waals surface area contributed by atoms with Gasteiger partial charge in [-0.05, 0) is 40.9 Å². The van der Waals surface area contributed by atoms with E-state index in [0.717, 1.165) is 8.69 Å². The molecule has 1 aliphatic heterocycles. The van der Waals surface area contributed by atoms with E-state index >= 15 is 0 Å². The zero-order valence-corrected chi connectivity index (χ0v) is 15.0. The van der Waals surface area contributed by atoms with Crippen molar-refractivity contribution in [2.75, 3.05) is 13.2 Å². The Morgan fingerprint density at radius 2 is 1.79 bits per heavy atom. The Bertz CT molecular complexity index is 715. The van der Waals surface area contributed by atoms with Gasteiger partial charge in [0.05, 0.1) is 20.5 Å². The van der Waals surface area contributed by atoms with Crippen LogP contribution in [0, 0.1) is 11.8 Å². The van der Waals surface area contributed by atoms with Crippen LogP contribution >= 0.6 is 27.3 Å². The molecule has 0 radical (unpaired) electrons. The summed E-state index contributed by atoms with van der Waals surface area (Å²) in [5, 5.41) is 0. The molecule has 0 N–H and O–H groups in total. The molecule has 8 heteroatoms. The molecule has 2 atom stereocenters. The zero-order chi connectivity index (χ0) is 17.3. The molecule has 1 fully saturated rings. The first-order chi connectivity index (χ1) is 11.5. The smallest absolute Gasteiger partial charge is 0.326 e. The molecule has 1 aliphatic carbocycles. The van der Waals surface area contributed by atoms with Crippen LogP contribution in [0.3, 0.4) is 0 Å². The van der Waals surface area contributed by atoms with Crippen LogP contribution in [-0.4, -0.2) is 41.6 Å². The van der Waals surface area contributed by atoms with Crippen LogP contribution in [0.2, 0.25) is 0 Å². The predicted molar refractivity (Wildman–Crippen MR) is 89.4 cm³/mol. The molecule has 3 rings (SSSR count). The minimum absolute atomic E-state index is 0.323. The number of likely N-dealkylation sites (tertiary alicyclic amines) is 1. The quantitative estimate of drug-likeness (QED) is 0.321. The molecule has 2 heterocycles. The minimum Gasteiger partial charge on any atom is -0.456 e. The standard InChI is InChI=1S/C16H14BrNO5S/c17-13-6-5-12(24-13)11(19)8-23-14(20)7-18-15(21)9-3-1-2-4-10(9)16(18)22/h1-2,5-6,9-10H,3-4,7-8H2/t9-,10+. The van der Waals surface area contributed by atoms with Gasteiger partial charge in [0.1, 0.15) is 6.54 Å². The van der Waals surface area contributed by atoms with Gasteiger partial charge in [-0.25, -0.2) is 0 Å². The van der Waals surface area contributed by atoms with Crippen LogP contribution in [0.5, 0.6) is 0 Å². The number of thiophene rings is 1. The number of esters is 1. The van der Waals surface area contributed by atoms with E-state index < -0.39 is 19.1 Å². The fourth-order valence-electron chi connectivity index (χ4n) is 2.88. The summed E-state index contributed by atoms with van der Waals surface area (Å²) in [7, 11) is 0. The van der Waals surface area contributed by atoms with E-state index in [0.29, 0.717) is 17.7 Å². The van der Waals surface area contributed by atoms with E-state index in [1.54, 1.807) is 12.1 Å². The first kappa shape index (κ1) is 17.0. The molecular formula is C16H14BrNO5S. The number of carbonyl (C=O) groups is 4. The molecule has 24 heavy (non-hydrogen) atoms. The van der Waals surface area contributed by atoms with Gasteiger partial charge in [0, 0.05) is 0 Å². The molecule has 1 saturated heterocycles. The van der Waals surface area contributed by atoms with Crippen molar-refractivity contribution in [3.05, 3.63) is 32.9 Å². The van der Waals surface area contributed by atoms with Crippen LogP contribution < -0.4 is 0 Å². The van der Waals surface area contributed by atoms with Crippen molar-refractivity contribution >= 4 is 50.8 Å². The lowest BCUT2D eigenvalue weighted by atomic mass is 9.85. The number of ether oxygens (including phenoxy) is 1. The number of ketones is 1. The summed E-state index contributed by atoms with van der Waals surface area (Å²) in [6, 6.07) is 3.37. The van der Waals surface area contributed by atoms with Gasteiger partial charge in [0.15, 0.2) is 6.61 Å². The third-order valence-corrected chi connectivity index (χ3v) is 5.76. The molecule has 126 valence electrons. The van der Waals surface area contributed by atoms with Crippen LogP contribution in [0.25, 0.3) is 0 Å². The second-order valence-electron chi connectivity index (χ2n) is 5.61. The SMILES string of the molecule is O=C(CN1C(=O)[C@H]2CC=CC[C@H]2C1=O)OCC(=O)c1ccc(Br)s1. The monoisotopic (exact) mass is 411 g/mol. The Morgan fingerprint density at radius 1 is 1.17 bits per heavy atom. The number of amides is 2. The van der Waals surface area contributed by atoms with E-state index in [1.165, 1.54) is 11.3 Å². The molecular weight excluding hydrogens is 398 g/mol. The first-order valence-electron chi connectivity index (χ1n) is 7.41. The van der Waals surface area contributed by atoms with E-state index in [1.807, 2.05) is 12.2 Å². The number of halogens is 1. The van der Waals surface area contributed by atoms with Gasteiger partial charge >= 0.3 is 5.97 Å². The average molecular weight is 412 g/mol. The van der Waals surface area contributed by atoms with Crippen LogP contribution in [-0.2, 0) is 19.1 Å². The predicted octanol–water partition coefficient (Wildman–Crippen LogP) is 2.19. The molecule has 1 aromatic heterocycles. The molecule has 1 aromatic rings. The summed E-state index contributed by atoms with van der Waals surface area (Å²) in [5.74, 6) is -2.50. The summed E-state index contributed by atoms with van der Waals surface area (Å²) in [5.41, 5.74) is 0. The second-order valence-corrected chi connectivity index (χ2v) is 8.07. The summed E-state index contributed by atoms with van der Waals surface area (Å²) in [6.45, 7) is -0.845. The highest BCUT2D eigenvalue weighted by atomic mass is 79.9. The number of nitrogens with zero attached hydrogens (tertiary/aromatic N) is 1. The lowest BCUT2D eigenvalue weighted by molar-refractivity contribution is -0.152. The third kappa shape index (κ3) is 3.34. The number of carbonyl (C=O) groups excluding carboxylic acids is 4. The van der Waals surface area contributed by atoms with E-state index in [2.05, 4.69) is 15.9 Å². The summed E-state index contributed by atoms with van der Waals surface area (Å²) in [6.07, 6.45) is 4.80. The Balaban J connectivity index is 1.54. The fraction of sp³-hybridized carbons (Fsp3) is 0.375. The average Bonchev–Trinajstić information content (AvgIpc) is 3.11. The number of imide groups is 1. The van der Waals surface area contributed by atoms with E-state index in [9.17, 15) is 19.2 Å². The summed E-state index contributed by atoms with van der Waals surface area (Å²) < 4.78 is 5.73. The molecule has 0 aromatic carbocycles. The maximum Gasteiger partial charge on any atom is 0.326 e. The Hall–Kier alpha value is -1.80. The fourth-order valence-corrected chi connectivity index (χ4v) is 4.19. The van der Waals surface area contributed by atoms with Crippen molar-refractivity contribution in [2.24, 2.45) is 11.8 Å². The molecule has 0 spiro atoms. The van der Waals surface area contributed by atoms with Crippen molar-refractivity contribution in [2.45, 2.75) is 12.8 Å². The highest BCUT2D eigenvalue weighted by Gasteiger charge is 2.47. The first-order valence-corrected chi connectivity index (χ1v) is 9.02. The molecule has 0 saturated carbocycles. The number of hydrogen-bond acceptors (Lipinski definition) is 6. The second kappa shape index (κ2) is 6.98. The van der Waals surface area contributed by atoms with Gasteiger partial charge in [-0.2, -0.15) is 0 Å². The maximum atomic E-state index is 12.2. The van der Waals surface area contributed by atoms with Crippen molar-refractivity contribution in [3.63, 3.8) is 0 Å². The highest BCUT2D eigenvalue weighted by molar-refractivity contribution is 9.11. The lowest BCUT2D eigenvalue weighted by Gasteiger charge is -2.14. The highest BCUT2D eigenvalue weighted by Crippen LogP contribution is 2.34. The molecule has 2 amide bonds. The van der Waals surface area contributed by atoms with Gasteiger partial charge in [-0.1, -0.05) is 12.2 Å². The van der Waals surface area contributed by atoms with Crippen molar-refractivity contribution in [3.8, 4) is 0 Å². The van der Waals surface area contributed by atoms with Crippen LogP contribution in [0.1, 0.15) is 22.5 Å². The molecule has 2 aliphatic rings. The number of fused-ring (bicyclic) bond motifs is 1. The number of allylic oxidation sites excluding steroid dienone is 2. The van der Waals surface area contributed by atoms with Crippen molar-refractivity contribution in [1.29, 1.82) is 0 Å². The Kier molecular flexibility index (Phi) is 4.96. The normalized spacial score (nSPS) is 22.6. The largest absolute Gasteiger partial charge is 0.456 e. The van der Waals surface area contributed by atoms with Crippen LogP contribution in [0.15, 0.2) is 28.1 Å². The lowest BCUT2D eigenvalue weighted by Crippen LogP contribution is -2.37. The Labute approximate surface area is 150 Å². The van der Waals surface area contributed by atoms with Crippen LogP contribution in [0.4, 0.5) is 0 Å².